The van der Waals surface area contributed by atoms with Gasteiger partial charge in [0.15, 0.2) is 5.69 Å². The third-order valence-electron chi connectivity index (χ3n) is 4.53. The molecule has 2 fully saturated rings. The molecule has 1 amide bonds. The van der Waals surface area contributed by atoms with Gasteiger partial charge in [0.1, 0.15) is 18.3 Å². The highest BCUT2D eigenvalue weighted by molar-refractivity contribution is 5.93. The summed E-state index contributed by atoms with van der Waals surface area (Å²) in [4.78, 5) is 12.5. The van der Waals surface area contributed by atoms with Gasteiger partial charge in [0.2, 0.25) is 0 Å². The molecule has 0 aliphatic carbocycles. The topological polar surface area (TPSA) is 85.6 Å². The number of benzene rings is 1. The van der Waals surface area contributed by atoms with Gasteiger partial charge < -0.3 is 19.9 Å². The summed E-state index contributed by atoms with van der Waals surface area (Å²) in [6.45, 7) is 0.569. The van der Waals surface area contributed by atoms with Gasteiger partial charge in [-0.3, -0.25) is 9.48 Å². The predicted octanol–water partition coefficient (Wildman–Crippen LogP) is 0.344. The standard InChI is InChI=1S/C17H19N3O4/c1-20-13(10-5-3-2-4-6-10)7-11(19-20)17(22)18-12-8-23-16-14(21)9-24-15(12)16/h2-7,12,14-16,21H,8-9H2,1H3,(H,18,22)/t12-,14-,15+,16+/m0/s1. The molecule has 0 radical (unpaired) electrons. The van der Waals surface area contributed by atoms with E-state index < -0.39 is 6.10 Å². The van der Waals surface area contributed by atoms with Crippen molar-refractivity contribution in [3.8, 4) is 11.3 Å². The molecule has 2 aliphatic heterocycles. The summed E-state index contributed by atoms with van der Waals surface area (Å²) >= 11 is 0. The van der Waals surface area contributed by atoms with Gasteiger partial charge in [-0.2, -0.15) is 5.10 Å². The fourth-order valence-electron chi connectivity index (χ4n) is 3.30. The molecule has 0 saturated carbocycles. The minimum atomic E-state index is -0.628. The highest BCUT2D eigenvalue weighted by atomic mass is 16.6. The Balaban J connectivity index is 1.50. The summed E-state index contributed by atoms with van der Waals surface area (Å²) in [5, 5.41) is 17.0. The van der Waals surface area contributed by atoms with Crippen molar-refractivity contribution in [1.82, 2.24) is 15.1 Å². The van der Waals surface area contributed by atoms with Crippen LogP contribution in [-0.4, -0.2) is 58.4 Å². The Morgan fingerprint density at radius 2 is 2.00 bits per heavy atom. The third-order valence-corrected chi connectivity index (χ3v) is 4.53. The van der Waals surface area contributed by atoms with E-state index in [1.807, 2.05) is 37.4 Å². The van der Waals surface area contributed by atoms with E-state index in [0.29, 0.717) is 12.3 Å². The second-order valence-electron chi connectivity index (χ2n) is 6.15. The molecule has 2 aliphatic rings. The molecule has 1 aromatic carbocycles. The number of aryl methyl sites for hydroxylation is 1. The lowest BCUT2D eigenvalue weighted by Gasteiger charge is -2.16. The smallest absolute Gasteiger partial charge is 0.272 e. The second kappa shape index (κ2) is 6.01. The van der Waals surface area contributed by atoms with E-state index in [4.69, 9.17) is 9.47 Å². The van der Waals surface area contributed by atoms with Crippen molar-refractivity contribution in [3.63, 3.8) is 0 Å². The number of carbonyl (C=O) groups is 1. The van der Waals surface area contributed by atoms with Gasteiger partial charge in [-0.15, -0.1) is 0 Å². The molecule has 2 saturated heterocycles. The molecule has 2 aromatic rings. The molecule has 0 bridgehead atoms. The summed E-state index contributed by atoms with van der Waals surface area (Å²) in [6, 6.07) is 11.3. The Kier molecular flexibility index (Phi) is 3.84. The maximum atomic E-state index is 12.5. The predicted molar refractivity (Wildman–Crippen MR) is 85.4 cm³/mol. The fourth-order valence-corrected chi connectivity index (χ4v) is 3.30. The summed E-state index contributed by atoms with van der Waals surface area (Å²) < 4.78 is 12.7. The van der Waals surface area contributed by atoms with Crippen molar-refractivity contribution in [2.75, 3.05) is 13.2 Å². The molecule has 126 valence electrons. The molecular weight excluding hydrogens is 310 g/mol. The molecule has 7 heteroatoms. The Hall–Kier alpha value is -2.22. The maximum Gasteiger partial charge on any atom is 0.272 e. The number of aliphatic hydroxyl groups is 1. The Morgan fingerprint density at radius 1 is 1.25 bits per heavy atom. The highest BCUT2D eigenvalue weighted by Crippen LogP contribution is 2.27. The lowest BCUT2D eigenvalue weighted by molar-refractivity contribution is 0.0178. The van der Waals surface area contributed by atoms with Gasteiger partial charge in [-0.25, -0.2) is 0 Å². The summed E-state index contributed by atoms with van der Waals surface area (Å²) in [6.07, 6.45) is -1.29. The lowest BCUT2D eigenvalue weighted by Crippen LogP contribution is -2.44. The highest BCUT2D eigenvalue weighted by Gasteiger charge is 2.47. The number of rotatable bonds is 3. The van der Waals surface area contributed by atoms with Crippen molar-refractivity contribution >= 4 is 5.91 Å². The first-order valence-corrected chi connectivity index (χ1v) is 7.95. The number of ether oxygens (including phenoxy) is 2. The van der Waals surface area contributed by atoms with Crippen LogP contribution < -0.4 is 5.32 Å². The molecule has 24 heavy (non-hydrogen) atoms. The van der Waals surface area contributed by atoms with Gasteiger partial charge in [0.25, 0.3) is 5.91 Å². The zero-order valence-electron chi connectivity index (χ0n) is 13.3. The van der Waals surface area contributed by atoms with Crippen LogP contribution in [0.25, 0.3) is 11.3 Å². The van der Waals surface area contributed by atoms with Gasteiger partial charge in [0.05, 0.1) is 24.9 Å². The average Bonchev–Trinajstić information content (AvgIpc) is 3.26. The van der Waals surface area contributed by atoms with Crippen LogP contribution in [-0.2, 0) is 16.5 Å². The van der Waals surface area contributed by atoms with Crippen LogP contribution in [0.15, 0.2) is 36.4 Å². The normalized spacial score (nSPS) is 28.8. The number of amides is 1. The zero-order valence-corrected chi connectivity index (χ0v) is 13.3. The van der Waals surface area contributed by atoms with E-state index in [9.17, 15) is 9.90 Å². The van der Waals surface area contributed by atoms with Crippen LogP contribution in [0.3, 0.4) is 0 Å². The van der Waals surface area contributed by atoms with E-state index in [1.165, 1.54) is 0 Å². The van der Waals surface area contributed by atoms with Crippen LogP contribution in [0.2, 0.25) is 0 Å². The third kappa shape index (κ3) is 2.60. The summed E-state index contributed by atoms with van der Waals surface area (Å²) in [7, 11) is 1.81. The number of aliphatic hydroxyl groups excluding tert-OH is 1. The average molecular weight is 329 g/mol. The van der Waals surface area contributed by atoms with Gasteiger partial charge >= 0.3 is 0 Å². The monoisotopic (exact) mass is 329 g/mol. The molecule has 0 spiro atoms. The van der Waals surface area contributed by atoms with E-state index in [-0.39, 0.29) is 30.8 Å². The summed E-state index contributed by atoms with van der Waals surface area (Å²) in [5.74, 6) is -0.271. The Labute approximate surface area is 139 Å². The van der Waals surface area contributed by atoms with E-state index in [0.717, 1.165) is 11.3 Å². The van der Waals surface area contributed by atoms with Crippen LogP contribution in [0, 0.1) is 0 Å². The minimum absolute atomic E-state index is 0.240. The Morgan fingerprint density at radius 3 is 2.79 bits per heavy atom. The van der Waals surface area contributed by atoms with Crippen molar-refractivity contribution in [1.29, 1.82) is 0 Å². The van der Waals surface area contributed by atoms with Crippen molar-refractivity contribution in [2.24, 2.45) is 7.05 Å². The molecule has 3 heterocycles. The number of aromatic nitrogens is 2. The minimum Gasteiger partial charge on any atom is -0.388 e. The van der Waals surface area contributed by atoms with Crippen LogP contribution in [0.4, 0.5) is 0 Å². The number of carbonyl (C=O) groups excluding carboxylic acids is 1. The van der Waals surface area contributed by atoms with Crippen LogP contribution in [0.5, 0.6) is 0 Å². The number of hydrogen-bond donors (Lipinski definition) is 2. The SMILES string of the molecule is Cn1nc(C(=O)N[C@H]2CO[C@H]3[C@@H]2OC[C@@H]3O)cc1-c1ccccc1. The zero-order chi connectivity index (χ0) is 16.7. The largest absolute Gasteiger partial charge is 0.388 e. The number of hydrogen-bond acceptors (Lipinski definition) is 5. The number of fused-ring (bicyclic) bond motifs is 1. The summed E-state index contributed by atoms with van der Waals surface area (Å²) in [5.41, 5.74) is 2.21. The number of nitrogens with zero attached hydrogens (tertiary/aromatic N) is 2. The number of nitrogens with one attached hydrogen (secondary N) is 1. The maximum absolute atomic E-state index is 12.5. The Bertz CT molecular complexity index is 746. The lowest BCUT2D eigenvalue weighted by atomic mass is 10.1. The van der Waals surface area contributed by atoms with Crippen LogP contribution >= 0.6 is 0 Å². The van der Waals surface area contributed by atoms with Gasteiger partial charge in [0, 0.05) is 7.05 Å². The fraction of sp³-hybridized carbons (Fsp3) is 0.412. The first kappa shape index (κ1) is 15.3. The molecule has 1 aromatic heterocycles. The molecule has 4 rings (SSSR count). The quantitative estimate of drug-likeness (QED) is 0.848. The first-order valence-electron chi connectivity index (χ1n) is 7.95. The molecule has 0 unspecified atom stereocenters. The molecule has 7 nitrogen and oxygen atoms in total. The second-order valence-corrected chi connectivity index (χ2v) is 6.15. The van der Waals surface area contributed by atoms with Crippen molar-refractivity contribution < 1.29 is 19.4 Å². The first-order chi connectivity index (χ1) is 11.6. The van der Waals surface area contributed by atoms with Crippen molar-refractivity contribution in [2.45, 2.75) is 24.4 Å². The van der Waals surface area contributed by atoms with Crippen LogP contribution in [0.1, 0.15) is 10.5 Å². The van der Waals surface area contributed by atoms with E-state index in [1.54, 1.807) is 10.7 Å². The van der Waals surface area contributed by atoms with Crippen molar-refractivity contribution in [3.05, 3.63) is 42.1 Å². The van der Waals surface area contributed by atoms with E-state index >= 15 is 0 Å². The van der Waals surface area contributed by atoms with Gasteiger partial charge in [-0.05, 0) is 11.6 Å². The molecule has 4 atom stereocenters. The molecular formula is C17H19N3O4. The van der Waals surface area contributed by atoms with E-state index in [2.05, 4.69) is 10.4 Å². The van der Waals surface area contributed by atoms with Gasteiger partial charge in [-0.1, -0.05) is 30.3 Å². The molecule has 2 N–H and O–H groups in total.